The van der Waals surface area contributed by atoms with Crippen LogP contribution in [0.4, 0.5) is 0 Å². The Bertz CT molecular complexity index is 437. The van der Waals surface area contributed by atoms with Gasteiger partial charge in [-0.1, -0.05) is 5.11 Å². The van der Waals surface area contributed by atoms with Gasteiger partial charge in [-0.25, -0.2) is 0 Å². The van der Waals surface area contributed by atoms with Crippen LogP contribution in [0, 0.1) is 0 Å². The van der Waals surface area contributed by atoms with Gasteiger partial charge in [-0.3, -0.25) is 4.79 Å². The van der Waals surface area contributed by atoms with Crippen LogP contribution in [0.2, 0.25) is 0 Å². The molecule has 1 N–H and O–H groups in total. The maximum Gasteiger partial charge on any atom is 0.267 e. The molecule has 1 heterocycles. The molecule has 19 heavy (non-hydrogen) atoms. The third-order valence-corrected chi connectivity index (χ3v) is 2.63. The Morgan fingerprint density at radius 1 is 1.58 bits per heavy atom. The number of rotatable bonds is 9. The zero-order valence-electron chi connectivity index (χ0n) is 11.1. The molecule has 0 aliphatic carbocycles. The van der Waals surface area contributed by atoms with E-state index in [-0.39, 0.29) is 5.91 Å². The highest BCUT2D eigenvalue weighted by atomic mass is 16.5. The van der Waals surface area contributed by atoms with Crippen molar-refractivity contribution in [1.82, 2.24) is 9.88 Å². The van der Waals surface area contributed by atoms with Gasteiger partial charge >= 0.3 is 0 Å². The molecule has 0 bridgehead atoms. The maximum absolute atomic E-state index is 11.9. The lowest BCUT2D eigenvalue weighted by Gasteiger charge is -2.09. The third kappa shape index (κ3) is 5.46. The van der Waals surface area contributed by atoms with E-state index in [0.29, 0.717) is 31.9 Å². The fraction of sp³-hybridized carbons (Fsp3) is 0.583. The van der Waals surface area contributed by atoms with E-state index in [2.05, 4.69) is 15.3 Å². The van der Waals surface area contributed by atoms with E-state index in [1.807, 2.05) is 16.8 Å². The number of hydrogen-bond donors (Lipinski definition) is 1. The van der Waals surface area contributed by atoms with Crippen LogP contribution in [0.1, 0.15) is 23.3 Å². The predicted molar refractivity (Wildman–Crippen MR) is 71.9 cm³/mol. The Morgan fingerprint density at radius 3 is 3.16 bits per heavy atom. The molecule has 0 unspecified atom stereocenters. The van der Waals surface area contributed by atoms with Crippen molar-refractivity contribution in [2.75, 3.05) is 26.8 Å². The average molecular weight is 265 g/mol. The smallest absolute Gasteiger partial charge is 0.267 e. The highest BCUT2D eigenvalue weighted by molar-refractivity contribution is 5.92. The van der Waals surface area contributed by atoms with Crippen LogP contribution >= 0.6 is 0 Å². The lowest BCUT2D eigenvalue weighted by molar-refractivity contribution is 0.0941. The van der Waals surface area contributed by atoms with Gasteiger partial charge in [0.25, 0.3) is 5.91 Å². The number of azide groups is 1. The van der Waals surface area contributed by atoms with Crippen molar-refractivity contribution in [3.63, 3.8) is 0 Å². The Kier molecular flexibility index (Phi) is 7.16. The van der Waals surface area contributed by atoms with Gasteiger partial charge in [-0.2, -0.15) is 0 Å². The monoisotopic (exact) mass is 265 g/mol. The van der Waals surface area contributed by atoms with Crippen LogP contribution in [0.5, 0.6) is 0 Å². The van der Waals surface area contributed by atoms with Gasteiger partial charge in [0.05, 0.1) is 6.61 Å². The summed E-state index contributed by atoms with van der Waals surface area (Å²) >= 11 is 0. The predicted octanol–water partition coefficient (Wildman–Crippen LogP) is 1.95. The first-order valence-electron chi connectivity index (χ1n) is 6.22. The second-order valence-electron chi connectivity index (χ2n) is 4.00. The normalized spacial score (nSPS) is 9.95. The van der Waals surface area contributed by atoms with E-state index in [4.69, 9.17) is 10.3 Å². The molecule has 0 aliphatic heterocycles. The Labute approximate surface area is 112 Å². The highest BCUT2D eigenvalue weighted by Crippen LogP contribution is 2.02. The van der Waals surface area contributed by atoms with Gasteiger partial charge < -0.3 is 14.6 Å². The summed E-state index contributed by atoms with van der Waals surface area (Å²) in [6.07, 6.45) is 3.42. The second kappa shape index (κ2) is 9.02. The number of ether oxygens (including phenoxy) is 1. The van der Waals surface area contributed by atoms with Crippen molar-refractivity contribution in [2.45, 2.75) is 19.4 Å². The van der Waals surface area contributed by atoms with Crippen LogP contribution < -0.4 is 5.32 Å². The second-order valence-corrected chi connectivity index (χ2v) is 4.00. The fourth-order valence-corrected chi connectivity index (χ4v) is 1.65. The van der Waals surface area contributed by atoms with Crippen molar-refractivity contribution in [2.24, 2.45) is 5.11 Å². The number of methoxy groups -OCH3 is 1. The van der Waals surface area contributed by atoms with E-state index >= 15 is 0 Å². The molecule has 0 aromatic carbocycles. The standard InChI is InChI=1S/C12H19N5O2/c1-19-10-9-17-8-4-5-11(17)12(18)14-6-2-3-7-15-16-13/h4-5,8H,2-3,6-7,9-10H2,1H3,(H,14,18). The summed E-state index contributed by atoms with van der Waals surface area (Å²) in [6.45, 7) is 2.27. The van der Waals surface area contributed by atoms with Crippen molar-refractivity contribution < 1.29 is 9.53 Å². The maximum atomic E-state index is 11.9. The molecule has 0 saturated carbocycles. The minimum atomic E-state index is -0.0927. The summed E-state index contributed by atoms with van der Waals surface area (Å²) in [4.78, 5) is 14.6. The van der Waals surface area contributed by atoms with Crippen LogP contribution in [0.15, 0.2) is 23.4 Å². The summed E-state index contributed by atoms with van der Waals surface area (Å²) in [5, 5.41) is 6.28. The molecule has 0 radical (unpaired) electrons. The number of unbranched alkanes of at least 4 members (excludes halogenated alkanes) is 1. The minimum absolute atomic E-state index is 0.0927. The van der Waals surface area contributed by atoms with E-state index in [1.54, 1.807) is 13.2 Å². The fourth-order valence-electron chi connectivity index (χ4n) is 1.65. The van der Waals surface area contributed by atoms with Gasteiger partial charge in [0.1, 0.15) is 5.69 Å². The van der Waals surface area contributed by atoms with Crippen molar-refractivity contribution >= 4 is 5.91 Å². The number of carbonyl (C=O) groups is 1. The summed E-state index contributed by atoms with van der Waals surface area (Å²) in [6, 6.07) is 3.62. The molecule has 1 amide bonds. The first-order valence-corrected chi connectivity index (χ1v) is 6.22. The van der Waals surface area contributed by atoms with Gasteiger partial charge in [-0.15, -0.1) is 0 Å². The number of nitrogens with zero attached hydrogens (tertiary/aromatic N) is 4. The van der Waals surface area contributed by atoms with Gasteiger partial charge in [0.2, 0.25) is 0 Å². The largest absolute Gasteiger partial charge is 0.383 e. The lowest BCUT2D eigenvalue weighted by atomic mass is 10.3. The van der Waals surface area contributed by atoms with Gasteiger partial charge in [0.15, 0.2) is 0 Å². The average Bonchev–Trinajstić information content (AvgIpc) is 2.88. The SMILES string of the molecule is COCCn1cccc1C(=O)NCCCCN=[N+]=[N-]. The molecule has 0 spiro atoms. The lowest BCUT2D eigenvalue weighted by Crippen LogP contribution is -2.27. The van der Waals surface area contributed by atoms with Crippen molar-refractivity contribution in [1.29, 1.82) is 0 Å². The molecular formula is C12H19N5O2. The summed E-state index contributed by atoms with van der Waals surface area (Å²) < 4.78 is 6.85. The molecule has 1 aromatic heterocycles. The number of hydrogen-bond acceptors (Lipinski definition) is 3. The van der Waals surface area contributed by atoms with Gasteiger partial charge in [-0.05, 0) is 30.5 Å². The summed E-state index contributed by atoms with van der Waals surface area (Å²) in [7, 11) is 1.63. The molecular weight excluding hydrogens is 246 g/mol. The highest BCUT2D eigenvalue weighted by Gasteiger charge is 2.09. The van der Waals surface area contributed by atoms with E-state index < -0.39 is 0 Å². The molecule has 1 rings (SSSR count). The molecule has 1 aromatic rings. The topological polar surface area (TPSA) is 92.0 Å². The molecule has 104 valence electrons. The third-order valence-electron chi connectivity index (χ3n) is 2.63. The molecule has 7 heteroatoms. The van der Waals surface area contributed by atoms with E-state index in [0.717, 1.165) is 12.8 Å². The molecule has 0 aliphatic rings. The number of aromatic nitrogens is 1. The zero-order chi connectivity index (χ0) is 13.9. The first kappa shape index (κ1) is 15.1. The summed E-state index contributed by atoms with van der Waals surface area (Å²) in [5.74, 6) is -0.0927. The number of nitrogens with one attached hydrogen (secondary N) is 1. The number of carbonyl (C=O) groups excluding carboxylic acids is 1. The van der Waals surface area contributed by atoms with Crippen molar-refractivity contribution in [3.05, 3.63) is 34.5 Å². The van der Waals surface area contributed by atoms with Crippen LogP contribution in [0.3, 0.4) is 0 Å². The molecule has 7 nitrogen and oxygen atoms in total. The van der Waals surface area contributed by atoms with E-state index in [9.17, 15) is 4.79 Å². The Morgan fingerprint density at radius 2 is 2.42 bits per heavy atom. The van der Waals surface area contributed by atoms with Crippen LogP contribution in [0.25, 0.3) is 10.4 Å². The van der Waals surface area contributed by atoms with Gasteiger partial charge in [0, 0.05) is 37.9 Å². The van der Waals surface area contributed by atoms with E-state index in [1.165, 1.54) is 0 Å². The Balaban J connectivity index is 2.32. The molecule has 0 atom stereocenters. The van der Waals surface area contributed by atoms with Crippen molar-refractivity contribution in [3.8, 4) is 0 Å². The summed E-state index contributed by atoms with van der Waals surface area (Å²) in [5.41, 5.74) is 8.74. The minimum Gasteiger partial charge on any atom is -0.383 e. The molecule has 0 fully saturated rings. The zero-order valence-corrected chi connectivity index (χ0v) is 11.1. The first-order chi connectivity index (χ1) is 9.29. The Hall–Kier alpha value is -1.98. The van der Waals surface area contributed by atoms with Crippen LogP contribution in [-0.2, 0) is 11.3 Å². The molecule has 0 saturated heterocycles. The quantitative estimate of drug-likeness (QED) is 0.320. The number of amides is 1. The van der Waals surface area contributed by atoms with Crippen LogP contribution in [-0.4, -0.2) is 37.3 Å².